The van der Waals surface area contributed by atoms with Crippen LogP contribution < -0.4 is 16.0 Å². The Kier molecular flexibility index (Phi) is 7.85. The minimum atomic E-state index is -0.462. The van der Waals surface area contributed by atoms with Gasteiger partial charge in [-0.2, -0.15) is 4.99 Å². The van der Waals surface area contributed by atoms with Crippen LogP contribution in [0.1, 0.15) is 42.1 Å². The highest BCUT2D eigenvalue weighted by molar-refractivity contribution is 8.18. The lowest BCUT2D eigenvalue weighted by molar-refractivity contribution is -0.122. The van der Waals surface area contributed by atoms with Crippen molar-refractivity contribution < 1.29 is 19.1 Å². The maximum atomic E-state index is 12.7. The van der Waals surface area contributed by atoms with Crippen LogP contribution in [0, 0.1) is 5.92 Å². The number of ether oxygens (including phenoxy) is 1. The first kappa shape index (κ1) is 26.7. The number of amidine groups is 1. The Morgan fingerprint density at radius 3 is 2.74 bits per heavy atom. The number of benzene rings is 2. The Morgan fingerprint density at radius 2 is 2.03 bits per heavy atom. The van der Waals surface area contributed by atoms with Crippen LogP contribution in [0.2, 0.25) is 5.02 Å². The number of aliphatic imine (C=N–C) groups is 1. The van der Waals surface area contributed by atoms with Crippen molar-refractivity contribution in [1.82, 2.24) is 4.98 Å². The van der Waals surface area contributed by atoms with Crippen LogP contribution in [0.3, 0.4) is 0 Å². The van der Waals surface area contributed by atoms with E-state index in [2.05, 4.69) is 25.9 Å². The molecule has 1 fully saturated rings. The Labute approximate surface area is 234 Å². The Balaban J connectivity index is 1.34. The van der Waals surface area contributed by atoms with Crippen LogP contribution in [0.5, 0.6) is 0 Å². The molecule has 0 spiro atoms. The van der Waals surface area contributed by atoms with Crippen LogP contribution in [0.25, 0.3) is 17.0 Å². The zero-order chi connectivity index (χ0) is 27.5. The molecule has 0 unspecified atom stereocenters. The standard InChI is InChI=1S/C28H26ClN5O4S/c1-3-38-27(37)19-14-31-21-10-7-15(11-18(21)24(19)30-2)12-23-26(36)34-28(39-23)33-22-13-17(8-9-20(22)29)32-25(35)16-5-4-6-16/h7-14,16H,3-6H2,1-2H3,(H,30,31)(H,32,35)(H,33,34,36). The molecule has 1 aliphatic heterocycles. The van der Waals surface area contributed by atoms with Gasteiger partial charge in [-0.05, 0) is 73.5 Å². The number of carbonyl (C=O) groups is 3. The van der Waals surface area contributed by atoms with E-state index >= 15 is 0 Å². The van der Waals surface area contributed by atoms with E-state index in [1.165, 1.54) is 18.0 Å². The fourth-order valence-corrected chi connectivity index (χ4v) is 5.27. The van der Waals surface area contributed by atoms with Crippen LogP contribution in [0.4, 0.5) is 17.1 Å². The van der Waals surface area contributed by atoms with Gasteiger partial charge in [0.15, 0.2) is 5.17 Å². The third kappa shape index (κ3) is 5.76. The molecule has 0 radical (unpaired) electrons. The van der Waals surface area contributed by atoms with E-state index in [1.807, 2.05) is 18.2 Å². The number of hydrogen-bond donors (Lipinski definition) is 3. The summed E-state index contributed by atoms with van der Waals surface area (Å²) in [5.74, 6) is -0.788. The van der Waals surface area contributed by atoms with Crippen molar-refractivity contribution in [2.24, 2.45) is 10.9 Å². The topological polar surface area (TPSA) is 122 Å². The van der Waals surface area contributed by atoms with Crippen molar-refractivity contribution in [1.29, 1.82) is 0 Å². The number of anilines is 3. The first-order valence-electron chi connectivity index (χ1n) is 12.5. The predicted octanol–water partition coefficient (Wildman–Crippen LogP) is 5.93. The van der Waals surface area contributed by atoms with Gasteiger partial charge in [-0.3, -0.25) is 14.6 Å². The number of halogens is 1. The molecule has 5 rings (SSSR count). The number of thioether (sulfide) groups is 1. The summed E-state index contributed by atoms with van der Waals surface area (Å²) in [5.41, 5.74) is 3.52. The summed E-state index contributed by atoms with van der Waals surface area (Å²) in [6.45, 7) is 2.00. The third-order valence-corrected chi connectivity index (χ3v) is 7.74. The predicted molar refractivity (Wildman–Crippen MR) is 156 cm³/mol. The largest absolute Gasteiger partial charge is 0.462 e. The number of carbonyl (C=O) groups excluding carboxylic acids is 3. The summed E-state index contributed by atoms with van der Waals surface area (Å²) < 4.78 is 5.15. The number of nitrogens with one attached hydrogen (secondary N) is 3. The lowest BCUT2D eigenvalue weighted by Crippen LogP contribution is -2.28. The minimum Gasteiger partial charge on any atom is -0.462 e. The second-order valence-corrected chi connectivity index (χ2v) is 10.5. The lowest BCUT2D eigenvalue weighted by Gasteiger charge is -2.24. The van der Waals surface area contributed by atoms with E-state index in [0.717, 1.165) is 30.2 Å². The van der Waals surface area contributed by atoms with Crippen LogP contribution >= 0.6 is 23.4 Å². The van der Waals surface area contributed by atoms with Gasteiger partial charge in [0, 0.05) is 30.2 Å². The average Bonchev–Trinajstić information content (AvgIpc) is 3.22. The molecule has 0 atom stereocenters. The number of aromatic nitrogens is 1. The fraction of sp³-hybridized carbons (Fsp3) is 0.250. The maximum absolute atomic E-state index is 12.7. The van der Waals surface area contributed by atoms with Gasteiger partial charge in [0.25, 0.3) is 5.91 Å². The second kappa shape index (κ2) is 11.5. The molecule has 200 valence electrons. The SMILES string of the molecule is CCOC(=O)c1cnc2ccc(C=C3SC(Nc4cc(NC(=O)C5CCC5)ccc4Cl)=NC3=O)cc2c1NC. The molecule has 11 heteroatoms. The number of nitrogens with zero attached hydrogens (tertiary/aromatic N) is 2. The first-order valence-corrected chi connectivity index (χ1v) is 13.7. The molecule has 0 saturated heterocycles. The lowest BCUT2D eigenvalue weighted by atomic mass is 9.85. The van der Waals surface area contributed by atoms with E-state index in [1.54, 1.807) is 38.2 Å². The number of hydrogen-bond acceptors (Lipinski definition) is 8. The zero-order valence-corrected chi connectivity index (χ0v) is 22.9. The molecule has 3 aromatic rings. The van der Waals surface area contributed by atoms with Gasteiger partial charge in [-0.25, -0.2) is 4.79 Å². The molecule has 0 bridgehead atoms. The summed E-state index contributed by atoms with van der Waals surface area (Å²) in [6, 6.07) is 10.7. The fourth-order valence-electron chi connectivity index (χ4n) is 4.28. The monoisotopic (exact) mass is 563 g/mol. The normalized spacial score (nSPS) is 16.1. The van der Waals surface area contributed by atoms with E-state index in [4.69, 9.17) is 16.3 Å². The molecular formula is C28H26ClN5O4S. The molecule has 1 aromatic heterocycles. The molecule has 1 aliphatic carbocycles. The van der Waals surface area contributed by atoms with Gasteiger partial charge in [0.1, 0.15) is 5.56 Å². The van der Waals surface area contributed by atoms with Gasteiger partial charge >= 0.3 is 5.97 Å². The van der Waals surface area contributed by atoms with Crippen LogP contribution in [-0.2, 0) is 14.3 Å². The summed E-state index contributed by atoms with van der Waals surface area (Å²) >= 11 is 7.55. The summed E-state index contributed by atoms with van der Waals surface area (Å²) in [7, 11) is 1.73. The van der Waals surface area contributed by atoms with Gasteiger partial charge in [0.2, 0.25) is 5.91 Å². The van der Waals surface area contributed by atoms with E-state index in [9.17, 15) is 14.4 Å². The molecule has 2 aliphatic rings. The highest BCUT2D eigenvalue weighted by Gasteiger charge is 2.26. The zero-order valence-electron chi connectivity index (χ0n) is 21.3. The smallest absolute Gasteiger partial charge is 0.341 e. The molecule has 39 heavy (non-hydrogen) atoms. The quantitative estimate of drug-likeness (QED) is 0.239. The Morgan fingerprint density at radius 1 is 1.21 bits per heavy atom. The van der Waals surface area contributed by atoms with E-state index < -0.39 is 5.97 Å². The van der Waals surface area contributed by atoms with Gasteiger partial charge in [-0.15, -0.1) is 0 Å². The number of pyridine rings is 1. The summed E-state index contributed by atoms with van der Waals surface area (Å²) in [6.07, 6.45) is 6.12. The number of amides is 2. The molecule has 2 amide bonds. The molecule has 2 heterocycles. The third-order valence-electron chi connectivity index (χ3n) is 6.51. The summed E-state index contributed by atoms with van der Waals surface area (Å²) in [4.78, 5) is 46.3. The molecule has 1 saturated carbocycles. The highest BCUT2D eigenvalue weighted by atomic mass is 35.5. The number of esters is 1. The van der Waals surface area contributed by atoms with Gasteiger partial charge in [0.05, 0.1) is 33.4 Å². The van der Waals surface area contributed by atoms with Crippen LogP contribution in [0.15, 0.2) is 52.5 Å². The molecule has 2 aromatic carbocycles. The maximum Gasteiger partial charge on any atom is 0.341 e. The Hall–Kier alpha value is -3.89. The van der Waals surface area contributed by atoms with Crippen molar-refractivity contribution >= 4 is 80.4 Å². The van der Waals surface area contributed by atoms with Gasteiger partial charge < -0.3 is 20.7 Å². The highest BCUT2D eigenvalue weighted by Crippen LogP contribution is 2.34. The van der Waals surface area contributed by atoms with Crippen molar-refractivity contribution in [3.8, 4) is 0 Å². The first-order chi connectivity index (χ1) is 18.9. The number of rotatable bonds is 7. The average molecular weight is 564 g/mol. The van der Waals surface area contributed by atoms with Crippen molar-refractivity contribution in [2.75, 3.05) is 29.6 Å². The van der Waals surface area contributed by atoms with E-state index in [-0.39, 0.29) is 24.3 Å². The van der Waals surface area contributed by atoms with Crippen molar-refractivity contribution in [3.63, 3.8) is 0 Å². The molecule has 9 nitrogen and oxygen atoms in total. The number of fused-ring (bicyclic) bond motifs is 1. The van der Waals surface area contributed by atoms with Gasteiger partial charge in [-0.1, -0.05) is 24.1 Å². The summed E-state index contributed by atoms with van der Waals surface area (Å²) in [5, 5.41) is 10.6. The molecular weight excluding hydrogens is 538 g/mol. The van der Waals surface area contributed by atoms with E-state index in [0.29, 0.717) is 43.2 Å². The van der Waals surface area contributed by atoms with Crippen molar-refractivity contribution in [2.45, 2.75) is 26.2 Å². The van der Waals surface area contributed by atoms with Crippen molar-refractivity contribution in [3.05, 3.63) is 63.6 Å². The minimum absolute atomic E-state index is 0.00361. The van der Waals surface area contributed by atoms with Crippen LogP contribution in [-0.4, -0.2) is 41.6 Å². The Bertz CT molecular complexity index is 1550. The molecule has 3 N–H and O–H groups in total. The second-order valence-electron chi connectivity index (χ2n) is 9.06.